The summed E-state index contributed by atoms with van der Waals surface area (Å²) in [6, 6.07) is 10.8. The van der Waals surface area contributed by atoms with E-state index in [0.29, 0.717) is 48.4 Å². The fourth-order valence-corrected chi connectivity index (χ4v) is 3.79. The molecular weight excluding hydrogens is 500 g/mol. The van der Waals surface area contributed by atoms with E-state index in [4.69, 9.17) is 25.8 Å². The van der Waals surface area contributed by atoms with E-state index in [0.717, 1.165) is 0 Å². The maximum atomic E-state index is 12.7. The molecule has 1 unspecified atom stereocenters. The van der Waals surface area contributed by atoms with E-state index in [1.165, 1.54) is 13.3 Å². The molecule has 0 saturated carbocycles. The first-order valence-corrected chi connectivity index (χ1v) is 12.2. The van der Waals surface area contributed by atoms with Gasteiger partial charge in [0, 0.05) is 13.1 Å². The largest absolute Gasteiger partial charge is 0.493 e. The smallest absolute Gasteiger partial charge is 0.262 e. The van der Waals surface area contributed by atoms with Gasteiger partial charge in [0.1, 0.15) is 6.04 Å². The molecule has 1 aliphatic heterocycles. The van der Waals surface area contributed by atoms with Crippen LogP contribution in [0.2, 0.25) is 5.02 Å². The van der Waals surface area contributed by atoms with Crippen molar-refractivity contribution in [1.29, 1.82) is 0 Å². The molecule has 2 aromatic rings. The number of halogens is 1. The van der Waals surface area contributed by atoms with Crippen LogP contribution in [0, 0.1) is 5.92 Å². The summed E-state index contributed by atoms with van der Waals surface area (Å²) < 4.78 is 16.3. The standard InChI is InChI=1S/C26H31ClN4O6/c1-17(2)24(29-25(33)19-6-4-5-7-20(19)27)26(34)30-28-15-18-8-9-21(22(14-18)35-3)37-16-23(32)31-10-12-36-13-11-31/h4-9,14-15,17,24H,10-13,16H2,1-3H3,(H,29,33)(H,30,34)/b28-15+. The lowest BCUT2D eigenvalue weighted by molar-refractivity contribution is -0.137. The summed E-state index contributed by atoms with van der Waals surface area (Å²) in [5.41, 5.74) is 3.38. The predicted octanol–water partition coefficient (Wildman–Crippen LogP) is 2.49. The van der Waals surface area contributed by atoms with Crippen molar-refractivity contribution in [3.63, 3.8) is 0 Å². The fourth-order valence-electron chi connectivity index (χ4n) is 3.57. The number of nitrogens with one attached hydrogen (secondary N) is 2. The second-order valence-electron chi connectivity index (χ2n) is 8.60. The molecule has 0 bridgehead atoms. The molecule has 2 N–H and O–H groups in total. The van der Waals surface area contributed by atoms with Gasteiger partial charge in [0.15, 0.2) is 18.1 Å². The van der Waals surface area contributed by atoms with E-state index < -0.39 is 17.9 Å². The summed E-state index contributed by atoms with van der Waals surface area (Å²) in [5.74, 6) is -0.418. The van der Waals surface area contributed by atoms with Gasteiger partial charge in [-0.25, -0.2) is 5.43 Å². The molecular formula is C26H31ClN4O6. The van der Waals surface area contributed by atoms with Crippen LogP contribution < -0.4 is 20.2 Å². The maximum Gasteiger partial charge on any atom is 0.262 e. The van der Waals surface area contributed by atoms with Crippen molar-refractivity contribution in [2.45, 2.75) is 19.9 Å². The van der Waals surface area contributed by atoms with Crippen molar-refractivity contribution >= 4 is 35.5 Å². The number of benzene rings is 2. The third-order valence-corrected chi connectivity index (χ3v) is 5.97. The van der Waals surface area contributed by atoms with Crippen molar-refractivity contribution in [3.05, 3.63) is 58.6 Å². The molecule has 37 heavy (non-hydrogen) atoms. The first kappa shape index (κ1) is 27.9. The molecule has 0 radical (unpaired) electrons. The van der Waals surface area contributed by atoms with Gasteiger partial charge in [-0.1, -0.05) is 37.6 Å². The molecule has 1 aliphatic rings. The summed E-state index contributed by atoms with van der Waals surface area (Å²) in [4.78, 5) is 39.3. The topological polar surface area (TPSA) is 119 Å². The van der Waals surface area contributed by atoms with Gasteiger partial charge in [0.2, 0.25) is 0 Å². The van der Waals surface area contributed by atoms with Gasteiger partial charge in [-0.2, -0.15) is 5.10 Å². The normalized spacial score (nSPS) is 14.4. The third-order valence-electron chi connectivity index (χ3n) is 5.65. The van der Waals surface area contributed by atoms with Gasteiger partial charge in [0.25, 0.3) is 17.7 Å². The summed E-state index contributed by atoms with van der Waals surface area (Å²) in [6.07, 6.45) is 1.44. The highest BCUT2D eigenvalue weighted by Crippen LogP contribution is 2.27. The highest BCUT2D eigenvalue weighted by molar-refractivity contribution is 6.33. The van der Waals surface area contributed by atoms with Crippen molar-refractivity contribution in [1.82, 2.24) is 15.6 Å². The minimum atomic E-state index is -0.824. The van der Waals surface area contributed by atoms with Crippen LogP contribution in [0.25, 0.3) is 0 Å². The first-order chi connectivity index (χ1) is 17.8. The van der Waals surface area contributed by atoms with E-state index in [1.54, 1.807) is 47.4 Å². The van der Waals surface area contributed by atoms with Crippen molar-refractivity contribution < 1.29 is 28.6 Å². The zero-order valence-electron chi connectivity index (χ0n) is 21.0. The van der Waals surface area contributed by atoms with Crippen LogP contribution in [-0.2, 0) is 14.3 Å². The van der Waals surface area contributed by atoms with Crippen LogP contribution in [0.3, 0.4) is 0 Å². The number of rotatable bonds is 10. The molecule has 2 aromatic carbocycles. The van der Waals surface area contributed by atoms with Crippen molar-refractivity contribution in [2.75, 3.05) is 40.0 Å². The lowest BCUT2D eigenvalue weighted by Gasteiger charge is -2.26. The van der Waals surface area contributed by atoms with E-state index >= 15 is 0 Å². The molecule has 11 heteroatoms. The maximum absolute atomic E-state index is 12.7. The Morgan fingerprint density at radius 1 is 1.14 bits per heavy atom. The second kappa shape index (κ2) is 13.6. The summed E-state index contributed by atoms with van der Waals surface area (Å²) in [5, 5.41) is 7.02. The number of carbonyl (C=O) groups excluding carboxylic acids is 3. The average Bonchev–Trinajstić information content (AvgIpc) is 2.90. The summed E-state index contributed by atoms with van der Waals surface area (Å²) in [6.45, 7) is 5.64. The van der Waals surface area contributed by atoms with Crippen molar-refractivity contribution in [2.24, 2.45) is 11.0 Å². The number of carbonyl (C=O) groups is 3. The minimum Gasteiger partial charge on any atom is -0.493 e. The Labute approximate surface area is 220 Å². The number of hydrogen-bond donors (Lipinski definition) is 2. The number of hydrogen-bond acceptors (Lipinski definition) is 7. The first-order valence-electron chi connectivity index (χ1n) is 11.8. The van der Waals surface area contributed by atoms with Gasteiger partial charge >= 0.3 is 0 Å². The monoisotopic (exact) mass is 530 g/mol. The van der Waals surface area contributed by atoms with Gasteiger partial charge in [0.05, 0.1) is 37.1 Å². The minimum absolute atomic E-state index is 0.115. The zero-order chi connectivity index (χ0) is 26.8. The van der Waals surface area contributed by atoms with Crippen LogP contribution in [0.5, 0.6) is 11.5 Å². The quantitative estimate of drug-likeness (QED) is 0.360. The molecule has 1 heterocycles. The second-order valence-corrected chi connectivity index (χ2v) is 9.01. The Hall–Kier alpha value is -3.63. The van der Waals surface area contributed by atoms with Gasteiger partial charge < -0.3 is 24.4 Å². The highest BCUT2D eigenvalue weighted by atomic mass is 35.5. The summed E-state index contributed by atoms with van der Waals surface area (Å²) >= 11 is 6.09. The van der Waals surface area contributed by atoms with E-state index in [-0.39, 0.29) is 24.0 Å². The van der Waals surface area contributed by atoms with Crippen LogP contribution in [0.1, 0.15) is 29.8 Å². The van der Waals surface area contributed by atoms with Crippen LogP contribution >= 0.6 is 11.6 Å². The van der Waals surface area contributed by atoms with E-state index in [2.05, 4.69) is 15.8 Å². The molecule has 1 fully saturated rings. The summed E-state index contributed by atoms with van der Waals surface area (Å²) in [7, 11) is 1.49. The van der Waals surface area contributed by atoms with Gasteiger partial charge in [-0.15, -0.1) is 0 Å². The molecule has 0 aliphatic carbocycles. The molecule has 1 atom stereocenters. The van der Waals surface area contributed by atoms with Crippen molar-refractivity contribution in [3.8, 4) is 11.5 Å². The molecule has 3 rings (SSSR count). The molecule has 1 saturated heterocycles. The lowest BCUT2D eigenvalue weighted by Crippen LogP contribution is -2.48. The molecule has 0 aromatic heterocycles. The molecule has 10 nitrogen and oxygen atoms in total. The molecule has 3 amide bonds. The Morgan fingerprint density at radius 2 is 1.86 bits per heavy atom. The average molecular weight is 531 g/mol. The number of methoxy groups -OCH3 is 1. The van der Waals surface area contributed by atoms with Crippen LogP contribution in [0.15, 0.2) is 47.6 Å². The van der Waals surface area contributed by atoms with E-state index in [1.807, 2.05) is 13.8 Å². The molecule has 198 valence electrons. The Bertz CT molecular complexity index is 1130. The third kappa shape index (κ3) is 7.93. The van der Waals surface area contributed by atoms with E-state index in [9.17, 15) is 14.4 Å². The fraction of sp³-hybridized carbons (Fsp3) is 0.385. The Kier molecular flexibility index (Phi) is 10.3. The molecule has 0 spiro atoms. The number of morpholine rings is 1. The highest BCUT2D eigenvalue weighted by Gasteiger charge is 2.25. The Morgan fingerprint density at radius 3 is 2.54 bits per heavy atom. The number of nitrogens with zero attached hydrogens (tertiary/aromatic N) is 2. The van der Waals surface area contributed by atoms with Gasteiger partial charge in [-0.05, 0) is 41.8 Å². The predicted molar refractivity (Wildman–Crippen MR) is 139 cm³/mol. The number of amides is 3. The Balaban J connectivity index is 1.58. The zero-order valence-corrected chi connectivity index (χ0v) is 21.8. The number of hydrazone groups is 1. The SMILES string of the molecule is COc1cc(/C=N/NC(=O)C(NC(=O)c2ccccc2Cl)C(C)C)ccc1OCC(=O)N1CCOCC1. The van der Waals surface area contributed by atoms with Crippen LogP contribution in [-0.4, -0.2) is 74.9 Å². The van der Waals surface area contributed by atoms with Gasteiger partial charge in [-0.3, -0.25) is 14.4 Å². The number of ether oxygens (including phenoxy) is 3. The lowest BCUT2D eigenvalue weighted by atomic mass is 10.0. The van der Waals surface area contributed by atoms with Crippen LogP contribution in [0.4, 0.5) is 0 Å².